The Kier molecular flexibility index (Phi) is 7.50. The van der Waals surface area contributed by atoms with Gasteiger partial charge in [-0.1, -0.05) is 19.1 Å². The van der Waals surface area contributed by atoms with E-state index in [2.05, 4.69) is 4.98 Å². The van der Waals surface area contributed by atoms with Crippen LogP contribution in [0.25, 0.3) is 0 Å². The molecule has 8 heteroatoms. The van der Waals surface area contributed by atoms with Crippen molar-refractivity contribution in [3.05, 3.63) is 52.3 Å². The molecule has 0 radical (unpaired) electrons. The standard InChI is InChI=1S/C21H25NO6S/c1-6-27-21(25)17-12(3)18(22-13(17)4)19(23)14(5)28-20(24)15-10-8-9-11-16(15)29(26)7-2/h8-11,14,22H,6-7H2,1-5H3. The molecule has 0 spiro atoms. The Balaban J connectivity index is 2.25. The molecule has 0 fully saturated rings. The van der Waals surface area contributed by atoms with Crippen molar-refractivity contribution in [2.75, 3.05) is 12.4 Å². The third-order valence-electron chi connectivity index (χ3n) is 4.43. The van der Waals surface area contributed by atoms with Crippen LogP contribution in [-0.4, -0.2) is 45.4 Å². The molecule has 2 rings (SSSR count). The van der Waals surface area contributed by atoms with E-state index in [4.69, 9.17) is 9.47 Å². The SMILES string of the molecule is CCOC(=O)c1c(C)[nH]c(C(=O)C(C)OC(=O)c2ccccc2S(=O)CC)c1C. The summed E-state index contributed by atoms with van der Waals surface area (Å²) in [5, 5.41) is 0. The lowest BCUT2D eigenvalue weighted by molar-refractivity contribution is 0.0313. The Labute approximate surface area is 172 Å². The van der Waals surface area contributed by atoms with Crippen molar-refractivity contribution in [3.63, 3.8) is 0 Å². The average Bonchev–Trinajstić information content (AvgIpc) is 3.00. The molecular weight excluding hydrogens is 394 g/mol. The first-order chi connectivity index (χ1) is 13.7. The van der Waals surface area contributed by atoms with Crippen molar-refractivity contribution in [3.8, 4) is 0 Å². The van der Waals surface area contributed by atoms with Gasteiger partial charge in [-0.15, -0.1) is 0 Å². The molecule has 1 aromatic heterocycles. The third-order valence-corrected chi connectivity index (χ3v) is 5.80. The molecule has 0 amide bonds. The van der Waals surface area contributed by atoms with Gasteiger partial charge in [-0.2, -0.15) is 0 Å². The summed E-state index contributed by atoms with van der Waals surface area (Å²) in [6.07, 6.45) is -1.10. The Bertz CT molecular complexity index is 962. The van der Waals surface area contributed by atoms with Crippen LogP contribution in [0.4, 0.5) is 0 Å². The number of aromatic amines is 1. The first kappa shape index (κ1) is 22.5. The van der Waals surface area contributed by atoms with Gasteiger partial charge in [-0.3, -0.25) is 9.00 Å². The largest absolute Gasteiger partial charge is 0.462 e. The number of aryl methyl sites for hydroxylation is 1. The monoisotopic (exact) mass is 419 g/mol. The molecule has 2 atom stereocenters. The lowest BCUT2D eigenvalue weighted by atomic mass is 10.1. The van der Waals surface area contributed by atoms with E-state index < -0.39 is 34.6 Å². The molecule has 0 aliphatic rings. The van der Waals surface area contributed by atoms with E-state index in [1.54, 1.807) is 45.9 Å². The predicted octanol–water partition coefficient (Wildman–Crippen LogP) is 3.36. The fourth-order valence-corrected chi connectivity index (χ4v) is 3.91. The molecule has 29 heavy (non-hydrogen) atoms. The molecule has 1 aromatic carbocycles. The lowest BCUT2D eigenvalue weighted by Gasteiger charge is -2.14. The number of ether oxygens (including phenoxy) is 2. The van der Waals surface area contributed by atoms with Crippen molar-refractivity contribution in [2.24, 2.45) is 0 Å². The molecule has 1 heterocycles. The molecule has 2 unspecified atom stereocenters. The van der Waals surface area contributed by atoms with E-state index in [1.807, 2.05) is 0 Å². The van der Waals surface area contributed by atoms with Crippen molar-refractivity contribution >= 4 is 28.5 Å². The molecule has 0 saturated heterocycles. The summed E-state index contributed by atoms with van der Waals surface area (Å²) < 4.78 is 22.5. The third kappa shape index (κ3) is 4.82. The van der Waals surface area contributed by atoms with E-state index in [1.165, 1.54) is 13.0 Å². The van der Waals surface area contributed by atoms with Crippen LogP contribution in [0.1, 0.15) is 63.2 Å². The minimum atomic E-state index is -1.34. The van der Waals surface area contributed by atoms with E-state index >= 15 is 0 Å². The first-order valence-electron chi connectivity index (χ1n) is 9.31. The normalized spacial score (nSPS) is 12.9. The summed E-state index contributed by atoms with van der Waals surface area (Å²) in [6, 6.07) is 6.46. The van der Waals surface area contributed by atoms with Crippen LogP contribution in [0.15, 0.2) is 29.2 Å². The number of hydrogen-bond acceptors (Lipinski definition) is 6. The van der Waals surface area contributed by atoms with Gasteiger partial charge in [0.15, 0.2) is 6.10 Å². The van der Waals surface area contributed by atoms with Gasteiger partial charge in [0.05, 0.1) is 39.1 Å². The first-order valence-corrected chi connectivity index (χ1v) is 10.6. The van der Waals surface area contributed by atoms with Gasteiger partial charge in [0, 0.05) is 11.4 Å². The second-order valence-electron chi connectivity index (χ2n) is 6.39. The van der Waals surface area contributed by atoms with Gasteiger partial charge >= 0.3 is 11.9 Å². The Morgan fingerprint density at radius 3 is 2.38 bits per heavy atom. The highest BCUT2D eigenvalue weighted by atomic mass is 32.2. The van der Waals surface area contributed by atoms with Gasteiger partial charge in [0.1, 0.15) is 0 Å². The molecule has 2 aromatic rings. The molecule has 0 aliphatic carbocycles. The predicted molar refractivity (Wildman–Crippen MR) is 109 cm³/mol. The topological polar surface area (TPSA) is 103 Å². The van der Waals surface area contributed by atoms with Gasteiger partial charge in [0.2, 0.25) is 5.78 Å². The summed E-state index contributed by atoms with van der Waals surface area (Å²) in [4.78, 5) is 40.8. The highest BCUT2D eigenvalue weighted by Gasteiger charge is 2.28. The van der Waals surface area contributed by atoms with Crippen molar-refractivity contribution in [1.82, 2.24) is 4.98 Å². The highest BCUT2D eigenvalue weighted by Crippen LogP contribution is 2.22. The van der Waals surface area contributed by atoms with Crippen molar-refractivity contribution in [2.45, 2.75) is 45.6 Å². The number of carbonyl (C=O) groups is 3. The van der Waals surface area contributed by atoms with Gasteiger partial charge in [-0.25, -0.2) is 9.59 Å². The molecule has 0 bridgehead atoms. The van der Waals surface area contributed by atoms with E-state index in [0.717, 1.165) is 0 Å². The maximum atomic E-state index is 12.8. The Hall–Kier alpha value is -2.74. The summed E-state index contributed by atoms with van der Waals surface area (Å²) in [5.74, 6) is -1.35. The summed E-state index contributed by atoms with van der Waals surface area (Å²) in [5.41, 5.74) is 1.61. The minimum absolute atomic E-state index is 0.166. The Morgan fingerprint density at radius 1 is 1.10 bits per heavy atom. The number of rotatable bonds is 8. The second kappa shape index (κ2) is 9.65. The Morgan fingerprint density at radius 2 is 1.76 bits per heavy atom. The van der Waals surface area contributed by atoms with Crippen LogP contribution in [-0.2, 0) is 20.3 Å². The summed E-state index contributed by atoms with van der Waals surface area (Å²) in [7, 11) is -1.34. The van der Waals surface area contributed by atoms with Crippen LogP contribution in [0, 0.1) is 13.8 Å². The number of carbonyl (C=O) groups excluding carboxylic acids is 3. The van der Waals surface area contributed by atoms with Crippen LogP contribution in [0.2, 0.25) is 0 Å². The number of hydrogen-bond donors (Lipinski definition) is 1. The van der Waals surface area contributed by atoms with E-state index in [9.17, 15) is 18.6 Å². The van der Waals surface area contributed by atoms with Crippen LogP contribution in [0.3, 0.4) is 0 Å². The zero-order chi connectivity index (χ0) is 21.7. The maximum absolute atomic E-state index is 12.8. The molecular formula is C21H25NO6S. The smallest absolute Gasteiger partial charge is 0.340 e. The molecule has 1 N–H and O–H groups in total. The van der Waals surface area contributed by atoms with Crippen LogP contribution >= 0.6 is 0 Å². The lowest BCUT2D eigenvalue weighted by Crippen LogP contribution is -2.26. The fraction of sp³-hybridized carbons (Fsp3) is 0.381. The molecule has 0 aliphatic heterocycles. The minimum Gasteiger partial charge on any atom is -0.462 e. The van der Waals surface area contributed by atoms with Gasteiger partial charge in [-0.05, 0) is 45.4 Å². The zero-order valence-corrected chi connectivity index (χ0v) is 18.0. The number of nitrogens with one attached hydrogen (secondary N) is 1. The number of H-pyrrole nitrogens is 1. The zero-order valence-electron chi connectivity index (χ0n) is 17.2. The van der Waals surface area contributed by atoms with Gasteiger partial charge in [0.25, 0.3) is 0 Å². The quantitative estimate of drug-likeness (QED) is 0.520. The number of aromatic nitrogens is 1. The second-order valence-corrected chi connectivity index (χ2v) is 8.10. The number of esters is 2. The van der Waals surface area contributed by atoms with E-state index in [0.29, 0.717) is 27.5 Å². The molecule has 7 nitrogen and oxygen atoms in total. The average molecular weight is 419 g/mol. The summed E-state index contributed by atoms with van der Waals surface area (Å²) in [6.45, 7) is 8.44. The fourth-order valence-electron chi connectivity index (χ4n) is 2.98. The highest BCUT2D eigenvalue weighted by molar-refractivity contribution is 7.85. The van der Waals surface area contributed by atoms with Gasteiger partial charge < -0.3 is 14.5 Å². The van der Waals surface area contributed by atoms with Crippen molar-refractivity contribution < 1.29 is 28.1 Å². The van der Waals surface area contributed by atoms with Crippen molar-refractivity contribution in [1.29, 1.82) is 0 Å². The van der Waals surface area contributed by atoms with Crippen LogP contribution in [0.5, 0.6) is 0 Å². The summed E-state index contributed by atoms with van der Waals surface area (Å²) >= 11 is 0. The molecule has 156 valence electrons. The maximum Gasteiger partial charge on any atom is 0.340 e. The molecule has 0 saturated carbocycles. The van der Waals surface area contributed by atoms with E-state index in [-0.39, 0.29) is 17.9 Å². The van der Waals surface area contributed by atoms with Crippen LogP contribution < -0.4 is 0 Å². The number of Topliss-reactive ketones (excluding diaryl/α,β-unsaturated/α-hetero) is 1. The number of benzene rings is 1. The number of ketones is 1.